The fraction of sp³-hybridized carbons (Fsp3) is 0.800. The van der Waals surface area contributed by atoms with Gasteiger partial charge in [-0.15, -0.1) is 12.0 Å². The lowest BCUT2D eigenvalue weighted by molar-refractivity contribution is 0.863. The Morgan fingerprint density at radius 3 is 2.00 bits per heavy atom. The van der Waals surface area contributed by atoms with E-state index in [1.165, 1.54) is 31.0 Å². The number of hydrogen-bond acceptors (Lipinski definition) is 0. The van der Waals surface area contributed by atoms with Gasteiger partial charge in [0.05, 0.1) is 0 Å². The average molecular weight is 168 g/mol. The van der Waals surface area contributed by atoms with Crippen molar-refractivity contribution in [1.82, 2.24) is 0 Å². The second kappa shape index (κ2) is 5.43. The highest BCUT2D eigenvalue weighted by atomic mass is 28.3. The summed E-state index contributed by atoms with van der Waals surface area (Å²) in [7, 11) is -1.21. The second-order valence-corrected chi connectivity index (χ2v) is 8.00. The molecule has 0 N–H and O–H groups in total. The molecule has 0 heterocycles. The van der Waals surface area contributed by atoms with Crippen LogP contribution in [0.2, 0.25) is 18.1 Å². The van der Waals surface area contributed by atoms with Crippen molar-refractivity contribution in [3.05, 3.63) is 0 Å². The minimum atomic E-state index is -1.21. The summed E-state index contributed by atoms with van der Waals surface area (Å²) in [6.07, 6.45) is 8.20. The van der Waals surface area contributed by atoms with Crippen molar-refractivity contribution in [1.29, 1.82) is 0 Å². The van der Waals surface area contributed by atoms with Crippen LogP contribution in [0.4, 0.5) is 0 Å². The normalized spacial score (nSPS) is 11.1. The highest BCUT2D eigenvalue weighted by Crippen LogP contribution is 2.21. The SMILES string of the molecule is C#C[Si](CC)(CC)CCCC. The minimum absolute atomic E-state index is 1.21. The molecule has 0 aliphatic heterocycles. The van der Waals surface area contributed by atoms with E-state index in [0.29, 0.717) is 0 Å². The van der Waals surface area contributed by atoms with Crippen LogP contribution in [0.1, 0.15) is 33.6 Å². The van der Waals surface area contributed by atoms with Crippen LogP contribution < -0.4 is 0 Å². The molecule has 11 heavy (non-hydrogen) atoms. The lowest BCUT2D eigenvalue weighted by Gasteiger charge is -2.21. The van der Waals surface area contributed by atoms with Crippen molar-refractivity contribution in [3.63, 3.8) is 0 Å². The van der Waals surface area contributed by atoms with Crippen LogP contribution in [-0.2, 0) is 0 Å². The first-order chi connectivity index (χ1) is 5.24. The van der Waals surface area contributed by atoms with E-state index in [4.69, 9.17) is 6.42 Å². The van der Waals surface area contributed by atoms with Gasteiger partial charge in [0.1, 0.15) is 8.07 Å². The fourth-order valence-corrected chi connectivity index (χ4v) is 4.19. The second-order valence-electron chi connectivity index (χ2n) is 3.24. The molecule has 0 amide bonds. The van der Waals surface area contributed by atoms with Crippen molar-refractivity contribution >= 4 is 8.07 Å². The standard InChI is InChI=1S/C10H20Si/c1-5-9-10-11(6-2,7-3)8-4/h2H,5,7-10H2,1,3-4H3. The molecule has 0 fully saturated rings. The third-order valence-electron chi connectivity index (χ3n) is 2.67. The van der Waals surface area contributed by atoms with Gasteiger partial charge in [-0.3, -0.25) is 0 Å². The van der Waals surface area contributed by atoms with Gasteiger partial charge < -0.3 is 0 Å². The first-order valence-corrected chi connectivity index (χ1v) is 7.34. The summed E-state index contributed by atoms with van der Waals surface area (Å²) in [6, 6.07) is 3.87. The van der Waals surface area contributed by atoms with E-state index >= 15 is 0 Å². The van der Waals surface area contributed by atoms with Gasteiger partial charge in [0, 0.05) is 0 Å². The summed E-state index contributed by atoms with van der Waals surface area (Å²) in [5.41, 5.74) is 3.09. The number of unbranched alkanes of at least 4 members (excludes halogenated alkanes) is 1. The van der Waals surface area contributed by atoms with Gasteiger partial charge in [0.25, 0.3) is 0 Å². The Hall–Kier alpha value is -0.223. The molecule has 0 spiro atoms. The van der Waals surface area contributed by atoms with Gasteiger partial charge in [-0.2, -0.15) is 0 Å². The van der Waals surface area contributed by atoms with Gasteiger partial charge in [0.15, 0.2) is 0 Å². The van der Waals surface area contributed by atoms with Crippen molar-refractivity contribution in [2.75, 3.05) is 0 Å². The molecule has 0 rings (SSSR count). The first kappa shape index (κ1) is 10.8. The third-order valence-corrected chi connectivity index (χ3v) is 7.30. The van der Waals surface area contributed by atoms with Gasteiger partial charge in [-0.05, 0) is 18.1 Å². The van der Waals surface area contributed by atoms with Gasteiger partial charge in [-0.1, -0.05) is 33.6 Å². The van der Waals surface area contributed by atoms with E-state index in [2.05, 4.69) is 26.3 Å². The summed E-state index contributed by atoms with van der Waals surface area (Å²) in [6.45, 7) is 6.75. The Bertz CT molecular complexity index is 128. The Labute approximate surface area is 72.4 Å². The topological polar surface area (TPSA) is 0 Å². The molecule has 0 aromatic carbocycles. The summed E-state index contributed by atoms with van der Waals surface area (Å²) < 4.78 is 0. The molecule has 0 unspecified atom stereocenters. The molecule has 0 radical (unpaired) electrons. The van der Waals surface area contributed by atoms with Gasteiger partial charge in [0.2, 0.25) is 0 Å². The maximum atomic E-state index is 5.58. The van der Waals surface area contributed by atoms with Crippen LogP contribution in [-0.4, -0.2) is 8.07 Å². The lowest BCUT2D eigenvalue weighted by atomic mass is 10.4. The van der Waals surface area contributed by atoms with E-state index in [1.807, 2.05) is 0 Å². The monoisotopic (exact) mass is 168 g/mol. The van der Waals surface area contributed by atoms with Crippen LogP contribution in [0.5, 0.6) is 0 Å². The molecular weight excluding hydrogens is 148 g/mol. The predicted octanol–water partition coefficient (Wildman–Crippen LogP) is 3.45. The third kappa shape index (κ3) is 3.12. The van der Waals surface area contributed by atoms with E-state index in [-0.39, 0.29) is 0 Å². The van der Waals surface area contributed by atoms with E-state index < -0.39 is 8.07 Å². The molecule has 0 saturated heterocycles. The minimum Gasteiger partial charge on any atom is -0.135 e. The Morgan fingerprint density at radius 1 is 1.18 bits per heavy atom. The molecule has 0 atom stereocenters. The zero-order valence-electron chi connectivity index (χ0n) is 8.11. The summed E-state index contributed by atoms with van der Waals surface area (Å²) in [4.78, 5) is 0. The zero-order valence-corrected chi connectivity index (χ0v) is 9.11. The molecule has 0 aliphatic rings. The van der Waals surface area contributed by atoms with Crippen molar-refractivity contribution in [2.45, 2.75) is 51.7 Å². The molecular formula is C10H20Si. The lowest BCUT2D eigenvalue weighted by Crippen LogP contribution is -2.30. The Kier molecular flexibility index (Phi) is 5.32. The number of terminal acetylenes is 1. The fourth-order valence-electron chi connectivity index (χ4n) is 1.40. The maximum Gasteiger partial charge on any atom is 0.137 e. The smallest absolute Gasteiger partial charge is 0.135 e. The maximum absolute atomic E-state index is 5.58. The van der Waals surface area contributed by atoms with Crippen molar-refractivity contribution in [2.24, 2.45) is 0 Å². The molecule has 0 aromatic heterocycles. The van der Waals surface area contributed by atoms with E-state index in [1.54, 1.807) is 0 Å². The quantitative estimate of drug-likeness (QED) is 0.436. The van der Waals surface area contributed by atoms with Crippen LogP contribution in [0, 0.1) is 12.0 Å². The number of rotatable bonds is 5. The number of hydrogen-bond donors (Lipinski definition) is 0. The molecule has 0 saturated carbocycles. The van der Waals surface area contributed by atoms with Crippen molar-refractivity contribution in [3.8, 4) is 12.0 Å². The first-order valence-electron chi connectivity index (χ1n) is 4.72. The summed E-state index contributed by atoms with van der Waals surface area (Å²) in [5.74, 6) is 0. The molecule has 1 heteroatoms. The predicted molar refractivity (Wildman–Crippen MR) is 55.3 cm³/mol. The van der Waals surface area contributed by atoms with Gasteiger partial charge in [-0.25, -0.2) is 0 Å². The molecule has 0 bridgehead atoms. The molecule has 0 aliphatic carbocycles. The van der Waals surface area contributed by atoms with Crippen LogP contribution >= 0.6 is 0 Å². The van der Waals surface area contributed by atoms with Crippen LogP contribution in [0.25, 0.3) is 0 Å². The zero-order chi connectivity index (χ0) is 8.74. The highest BCUT2D eigenvalue weighted by molar-refractivity contribution is 6.87. The van der Waals surface area contributed by atoms with Gasteiger partial charge >= 0.3 is 0 Å². The molecule has 64 valence electrons. The Balaban J connectivity index is 3.97. The average Bonchev–Trinajstić information content (AvgIpc) is 2.08. The highest BCUT2D eigenvalue weighted by Gasteiger charge is 2.25. The van der Waals surface area contributed by atoms with Crippen LogP contribution in [0.15, 0.2) is 0 Å². The van der Waals surface area contributed by atoms with E-state index in [9.17, 15) is 0 Å². The van der Waals surface area contributed by atoms with Crippen molar-refractivity contribution < 1.29 is 0 Å². The largest absolute Gasteiger partial charge is 0.137 e. The van der Waals surface area contributed by atoms with E-state index in [0.717, 1.165) is 0 Å². The summed E-state index contributed by atoms with van der Waals surface area (Å²) >= 11 is 0. The summed E-state index contributed by atoms with van der Waals surface area (Å²) in [5, 5.41) is 0. The molecule has 0 aromatic rings. The van der Waals surface area contributed by atoms with Crippen LogP contribution in [0.3, 0.4) is 0 Å². The Morgan fingerprint density at radius 2 is 1.73 bits per heavy atom. The molecule has 0 nitrogen and oxygen atoms in total.